The number of ether oxygens (including phenoxy) is 7. The maximum Gasteiger partial charge on any atom is 0.410 e. The predicted octanol–water partition coefficient (Wildman–Crippen LogP) is 6.25. The van der Waals surface area contributed by atoms with E-state index >= 15 is 0 Å². The normalized spacial score (nSPS) is 13.7. The van der Waals surface area contributed by atoms with Crippen LogP contribution in [0.1, 0.15) is 69.1 Å². The maximum absolute atomic E-state index is 12.1. The monoisotopic (exact) mass is 1050 g/mol. The van der Waals surface area contributed by atoms with Crippen molar-refractivity contribution in [3.63, 3.8) is 0 Å². The molecule has 0 unspecified atom stereocenters. The minimum atomic E-state index is -0.603. The minimum Gasteiger partial charge on any atom is -0.468 e. The summed E-state index contributed by atoms with van der Waals surface area (Å²) in [5.74, 6) is -1.66. The van der Waals surface area contributed by atoms with E-state index in [2.05, 4.69) is 66.3 Å². The van der Waals surface area contributed by atoms with Crippen LogP contribution in [0.15, 0.2) is 83.3 Å². The molecule has 0 aliphatic carbocycles. The number of carbonyl (C=O) groups excluding carboxylic acids is 7. The number of methoxy groups -OCH3 is 5. The molecule has 0 radical (unpaired) electrons. The molecule has 2 aliphatic heterocycles. The number of hydrogen-bond acceptors (Lipinski definition) is 20. The number of rotatable bonds is 21. The Bertz CT molecular complexity index is 2280. The van der Waals surface area contributed by atoms with Crippen molar-refractivity contribution in [1.82, 2.24) is 25.4 Å². The first-order valence-electron chi connectivity index (χ1n) is 23.7. The van der Waals surface area contributed by atoms with Gasteiger partial charge in [0.1, 0.15) is 37.9 Å². The third kappa shape index (κ3) is 27.6. The molecule has 2 saturated heterocycles. The molecule has 0 saturated carbocycles. The number of benzene rings is 2. The predicted molar refractivity (Wildman–Crippen MR) is 273 cm³/mol. The lowest BCUT2D eigenvalue weighted by atomic mass is 10.1. The van der Waals surface area contributed by atoms with Crippen LogP contribution in [-0.2, 0) is 76.8 Å². The van der Waals surface area contributed by atoms with Crippen molar-refractivity contribution in [2.75, 3.05) is 74.8 Å². The van der Waals surface area contributed by atoms with Crippen LogP contribution in [0.5, 0.6) is 0 Å². The van der Waals surface area contributed by atoms with E-state index in [4.69, 9.17) is 26.3 Å². The highest BCUT2D eigenvalue weighted by Crippen LogP contribution is 2.21. The van der Waals surface area contributed by atoms with Gasteiger partial charge in [0.25, 0.3) is 0 Å². The lowest BCUT2D eigenvalue weighted by Crippen LogP contribution is -2.55. The number of nitrogens with one attached hydrogen (secondary N) is 2. The number of aromatic nitrogens is 1. The molecule has 3 heterocycles. The first kappa shape index (κ1) is 65.0. The maximum atomic E-state index is 12.1. The highest BCUT2D eigenvalue weighted by atomic mass is 16.6. The van der Waals surface area contributed by atoms with Crippen LogP contribution in [-0.4, -0.2) is 150 Å². The van der Waals surface area contributed by atoms with Gasteiger partial charge in [-0.2, -0.15) is 0 Å². The Morgan fingerprint density at radius 1 is 0.773 bits per heavy atom. The number of nitrogens with two attached hydrogens (primary N) is 1. The van der Waals surface area contributed by atoms with Crippen LogP contribution in [0.25, 0.3) is 20.9 Å². The highest BCUT2D eigenvalue weighted by molar-refractivity contribution is 5.83. The first-order valence-corrected chi connectivity index (χ1v) is 23.7. The molecular weight excluding hydrogens is 981 g/mol. The van der Waals surface area contributed by atoms with Crippen molar-refractivity contribution >= 4 is 53.4 Å². The molecule has 0 spiro atoms. The quantitative estimate of drug-likeness (QED) is 0.0265. The topological polar surface area (TPSA) is 351 Å². The zero-order valence-electron chi connectivity index (χ0n) is 43.6. The zero-order chi connectivity index (χ0) is 55.8. The lowest BCUT2D eigenvalue weighted by molar-refractivity contribution is -0.150. The van der Waals surface area contributed by atoms with Gasteiger partial charge in [0.05, 0.1) is 42.1 Å². The molecule has 26 nitrogen and oxygen atoms in total. The molecule has 4 N–H and O–H groups in total. The Morgan fingerprint density at radius 2 is 1.35 bits per heavy atom. The van der Waals surface area contributed by atoms with Crippen LogP contribution in [0.4, 0.5) is 21.0 Å². The Hall–Kier alpha value is -8.02. The summed E-state index contributed by atoms with van der Waals surface area (Å²) in [5.41, 5.74) is 25.6. The van der Waals surface area contributed by atoms with E-state index in [1.807, 2.05) is 13.0 Å². The van der Waals surface area contributed by atoms with Gasteiger partial charge < -0.3 is 49.5 Å². The summed E-state index contributed by atoms with van der Waals surface area (Å²) in [4.78, 5) is 90.5. The van der Waals surface area contributed by atoms with Crippen molar-refractivity contribution in [2.45, 2.75) is 90.1 Å². The van der Waals surface area contributed by atoms with Gasteiger partial charge in [-0.05, 0) is 79.0 Å². The smallest absolute Gasteiger partial charge is 0.410 e. The Kier molecular flexibility index (Phi) is 34.2. The molecule has 2 aliphatic rings. The summed E-state index contributed by atoms with van der Waals surface area (Å²) in [6.45, 7) is 7.20. The fourth-order valence-corrected chi connectivity index (χ4v) is 5.88. The van der Waals surface area contributed by atoms with Gasteiger partial charge in [-0.1, -0.05) is 91.5 Å². The summed E-state index contributed by atoms with van der Waals surface area (Å²) < 4.78 is 32.9. The molecule has 5 rings (SSSR count). The SMILES string of the molecule is CCCCN(CC(=O)OC)C(=O)OCc1ccc(N=[N+]=[N-])cc1.CCCCNCC(=O)OC.COC(=O)[C@@H](N)Cc1cccnc1.COC(=O)[C@@H]1CCN1.COC(=O)[C@@H]1CCN1C(=O)OCc1ccc(N=[N+]=[N-])cc1. The number of pyridine rings is 1. The summed E-state index contributed by atoms with van der Waals surface area (Å²) in [5, 5.41) is 12.8. The molecule has 2 amide bonds. The number of nitrogens with zero attached hydrogens (tertiary/aromatic N) is 9. The standard InChI is InChI=1S/C15H20N4O4.C13H14N4O4.C9H12N2O2.C7H15NO2.C5H9NO2/c1-3-4-9-19(10-14(20)22-2)15(21)23-11-12-5-7-13(8-6-12)17-18-16;1-20-12(18)11-6-7-17(11)13(19)21-8-9-2-4-10(5-3-9)15-16-14;1-13-9(12)8(10)5-7-3-2-4-11-6-7;1-3-4-5-8-6-7(9)10-2;1-8-5(7)4-2-3-6-4/h5-8H,3-4,9-11H2,1-2H3;2-5,11H,6-8H2,1H3;2-4,6,8H,5,10H2,1H3;8H,3-6H2,1-2H3;4,6H,2-3H2,1H3/t;11-;8-;;4-/m.00.0/s1. The number of esters is 5. The van der Waals surface area contributed by atoms with Crippen molar-refractivity contribution < 1.29 is 66.7 Å². The van der Waals surface area contributed by atoms with Crippen LogP contribution in [0.2, 0.25) is 0 Å². The van der Waals surface area contributed by atoms with Gasteiger partial charge in [-0.3, -0.25) is 34.0 Å². The van der Waals surface area contributed by atoms with Crippen molar-refractivity contribution in [3.05, 3.63) is 111 Å². The molecule has 26 heteroatoms. The molecular formula is C49H70N12O14. The van der Waals surface area contributed by atoms with E-state index in [1.54, 1.807) is 67.0 Å². The fourth-order valence-electron chi connectivity index (χ4n) is 5.88. The van der Waals surface area contributed by atoms with E-state index in [9.17, 15) is 33.6 Å². The van der Waals surface area contributed by atoms with Gasteiger partial charge in [0.15, 0.2) is 0 Å². The van der Waals surface area contributed by atoms with E-state index in [0.29, 0.717) is 43.9 Å². The molecule has 3 aromatic rings. The number of amides is 2. The molecule has 2 aromatic carbocycles. The first-order chi connectivity index (χ1) is 36.1. The fraction of sp³-hybridized carbons (Fsp3) is 0.510. The van der Waals surface area contributed by atoms with Gasteiger partial charge >= 0.3 is 42.0 Å². The number of unbranched alkanes of at least 4 members (excludes halogenated alkanes) is 2. The molecule has 75 heavy (non-hydrogen) atoms. The van der Waals surface area contributed by atoms with Gasteiger partial charge in [-0.15, -0.1) is 0 Å². The van der Waals surface area contributed by atoms with E-state index in [1.165, 1.54) is 45.3 Å². The molecule has 2 fully saturated rings. The molecule has 410 valence electrons. The molecule has 3 atom stereocenters. The number of likely N-dealkylation sites (tertiary alicyclic amines) is 1. The van der Waals surface area contributed by atoms with Crippen LogP contribution in [0.3, 0.4) is 0 Å². The second-order valence-corrected chi connectivity index (χ2v) is 15.8. The Balaban J connectivity index is 0.000000494. The largest absolute Gasteiger partial charge is 0.468 e. The molecule has 0 bridgehead atoms. The Morgan fingerprint density at radius 3 is 1.77 bits per heavy atom. The second kappa shape index (κ2) is 39.5. The molecule has 1 aromatic heterocycles. The van der Waals surface area contributed by atoms with Crippen LogP contribution < -0.4 is 16.4 Å². The summed E-state index contributed by atoms with van der Waals surface area (Å²) in [7, 11) is 6.68. The highest BCUT2D eigenvalue weighted by Gasteiger charge is 2.39. The van der Waals surface area contributed by atoms with Crippen LogP contribution >= 0.6 is 0 Å². The average Bonchev–Trinajstić information content (AvgIpc) is 3.40. The lowest BCUT2D eigenvalue weighted by Gasteiger charge is -2.37. The minimum absolute atomic E-state index is 0.0139. The van der Waals surface area contributed by atoms with Crippen molar-refractivity contribution in [1.29, 1.82) is 0 Å². The zero-order valence-corrected chi connectivity index (χ0v) is 43.6. The average molecular weight is 1050 g/mol. The van der Waals surface area contributed by atoms with Crippen LogP contribution in [0, 0.1) is 0 Å². The number of azide groups is 2. The second-order valence-electron chi connectivity index (χ2n) is 15.8. The van der Waals surface area contributed by atoms with Gasteiger partial charge in [0, 0.05) is 46.7 Å². The van der Waals surface area contributed by atoms with Crippen molar-refractivity contribution in [2.24, 2.45) is 16.0 Å². The van der Waals surface area contributed by atoms with E-state index < -0.39 is 42.2 Å². The van der Waals surface area contributed by atoms with Crippen molar-refractivity contribution in [3.8, 4) is 0 Å². The summed E-state index contributed by atoms with van der Waals surface area (Å²) >= 11 is 0. The van der Waals surface area contributed by atoms with E-state index in [0.717, 1.165) is 61.9 Å². The third-order valence-electron chi connectivity index (χ3n) is 10.4. The van der Waals surface area contributed by atoms with Gasteiger partial charge in [-0.25, -0.2) is 14.4 Å². The number of carbonyl (C=O) groups is 7. The summed E-state index contributed by atoms with van der Waals surface area (Å²) in [6.07, 6.45) is 8.13. The summed E-state index contributed by atoms with van der Waals surface area (Å²) in [6, 6.07) is 15.8. The van der Waals surface area contributed by atoms with Gasteiger partial charge in [0.2, 0.25) is 0 Å². The number of hydrogen-bond donors (Lipinski definition) is 3. The van der Waals surface area contributed by atoms with E-state index in [-0.39, 0.29) is 37.7 Å². The Labute approximate surface area is 436 Å². The third-order valence-corrected chi connectivity index (χ3v) is 10.4.